The molecule has 0 fully saturated rings. The first-order valence-electron chi connectivity index (χ1n) is 7.78. The molecule has 0 aliphatic carbocycles. The molecule has 0 spiro atoms. The van der Waals surface area contributed by atoms with Crippen molar-refractivity contribution in [2.24, 2.45) is 5.92 Å². The number of carbonyl (C=O) groups excluding carboxylic acids is 1. The lowest BCUT2D eigenvalue weighted by atomic mass is 9.99. The molecule has 0 bridgehead atoms. The van der Waals surface area contributed by atoms with Crippen molar-refractivity contribution in [2.45, 2.75) is 25.8 Å². The van der Waals surface area contributed by atoms with Crippen LogP contribution in [0, 0.1) is 11.7 Å². The Kier molecular flexibility index (Phi) is 6.07. The molecule has 0 aliphatic rings. The number of nitrogens with one attached hydrogen (secondary N) is 1. The minimum atomic E-state index is -1.09. The zero-order valence-corrected chi connectivity index (χ0v) is 13.4. The fourth-order valence-corrected chi connectivity index (χ4v) is 2.45. The van der Waals surface area contributed by atoms with Crippen LogP contribution in [0.3, 0.4) is 0 Å². The number of rotatable bonds is 7. The van der Waals surface area contributed by atoms with Gasteiger partial charge >= 0.3 is 5.97 Å². The lowest BCUT2D eigenvalue weighted by Crippen LogP contribution is -2.44. The van der Waals surface area contributed by atoms with Gasteiger partial charge in [0.05, 0.1) is 0 Å². The predicted octanol–water partition coefficient (Wildman–Crippen LogP) is 2.82. The molecule has 0 radical (unpaired) electrons. The van der Waals surface area contributed by atoms with Gasteiger partial charge in [-0.3, -0.25) is 4.79 Å². The molecule has 0 saturated carbocycles. The van der Waals surface area contributed by atoms with Crippen molar-refractivity contribution in [1.29, 1.82) is 0 Å². The number of aliphatic carboxylic acids is 1. The number of amides is 1. The molecule has 0 aromatic heterocycles. The molecule has 2 unspecified atom stereocenters. The number of carboxylic acid groups (broad SMARTS) is 1. The third-order valence-corrected chi connectivity index (χ3v) is 3.83. The SMILES string of the molecule is CC(Cc1ccccc1F)C(=O)NC(Cc1ccccc1)C(=O)O. The van der Waals surface area contributed by atoms with E-state index in [1.165, 1.54) is 6.07 Å². The molecule has 2 aromatic rings. The molecule has 0 heterocycles. The molecule has 0 saturated heterocycles. The summed E-state index contributed by atoms with van der Waals surface area (Å²) >= 11 is 0. The normalized spacial score (nSPS) is 13.1. The Morgan fingerprint density at radius 3 is 2.29 bits per heavy atom. The van der Waals surface area contributed by atoms with Crippen LogP contribution >= 0.6 is 0 Å². The summed E-state index contributed by atoms with van der Waals surface area (Å²) in [6.45, 7) is 1.66. The van der Waals surface area contributed by atoms with Crippen molar-refractivity contribution in [1.82, 2.24) is 5.32 Å². The van der Waals surface area contributed by atoms with Crippen molar-refractivity contribution in [3.63, 3.8) is 0 Å². The third-order valence-electron chi connectivity index (χ3n) is 3.83. The second-order valence-electron chi connectivity index (χ2n) is 5.79. The van der Waals surface area contributed by atoms with Crippen LogP contribution < -0.4 is 5.32 Å². The minimum Gasteiger partial charge on any atom is -0.480 e. The quantitative estimate of drug-likeness (QED) is 0.821. The summed E-state index contributed by atoms with van der Waals surface area (Å²) in [7, 11) is 0. The van der Waals surface area contributed by atoms with Crippen LogP contribution in [0.15, 0.2) is 54.6 Å². The summed E-state index contributed by atoms with van der Waals surface area (Å²) in [5, 5.41) is 11.9. The van der Waals surface area contributed by atoms with Gasteiger partial charge in [0.2, 0.25) is 5.91 Å². The molecule has 126 valence electrons. The summed E-state index contributed by atoms with van der Waals surface area (Å²) in [6.07, 6.45) is 0.421. The first-order chi connectivity index (χ1) is 11.5. The second kappa shape index (κ2) is 8.24. The zero-order chi connectivity index (χ0) is 17.5. The Hall–Kier alpha value is -2.69. The molecule has 2 N–H and O–H groups in total. The number of carbonyl (C=O) groups is 2. The molecule has 1 amide bonds. The first kappa shape index (κ1) is 17.7. The van der Waals surface area contributed by atoms with E-state index in [2.05, 4.69) is 5.32 Å². The molecule has 5 heteroatoms. The Morgan fingerprint density at radius 1 is 1.04 bits per heavy atom. The first-order valence-corrected chi connectivity index (χ1v) is 7.78. The van der Waals surface area contributed by atoms with Gasteiger partial charge < -0.3 is 10.4 Å². The van der Waals surface area contributed by atoms with E-state index in [1.54, 1.807) is 25.1 Å². The molecule has 24 heavy (non-hydrogen) atoms. The predicted molar refractivity (Wildman–Crippen MR) is 89.0 cm³/mol. The van der Waals surface area contributed by atoms with Gasteiger partial charge in [0.1, 0.15) is 11.9 Å². The molecule has 4 nitrogen and oxygen atoms in total. The van der Waals surface area contributed by atoms with Crippen LogP contribution in [0.5, 0.6) is 0 Å². The summed E-state index contributed by atoms with van der Waals surface area (Å²) in [5.41, 5.74) is 1.27. The zero-order valence-electron chi connectivity index (χ0n) is 13.4. The summed E-state index contributed by atoms with van der Waals surface area (Å²) in [5.74, 6) is -2.39. The van der Waals surface area contributed by atoms with Crippen molar-refractivity contribution in [3.8, 4) is 0 Å². The summed E-state index contributed by atoms with van der Waals surface area (Å²) < 4.78 is 13.7. The number of benzene rings is 2. The molecule has 2 rings (SSSR count). The van der Waals surface area contributed by atoms with E-state index in [4.69, 9.17) is 0 Å². The number of carboxylic acids is 1. The number of halogens is 1. The highest BCUT2D eigenvalue weighted by molar-refractivity contribution is 5.85. The van der Waals surface area contributed by atoms with Crippen LogP contribution in [0.1, 0.15) is 18.1 Å². The van der Waals surface area contributed by atoms with E-state index in [-0.39, 0.29) is 18.7 Å². The van der Waals surface area contributed by atoms with Gasteiger partial charge in [-0.05, 0) is 23.6 Å². The summed E-state index contributed by atoms with van der Waals surface area (Å²) in [6, 6.07) is 14.3. The highest BCUT2D eigenvalue weighted by Gasteiger charge is 2.23. The average Bonchev–Trinajstić information content (AvgIpc) is 2.57. The van der Waals surface area contributed by atoms with Gasteiger partial charge in [-0.15, -0.1) is 0 Å². The Morgan fingerprint density at radius 2 is 1.67 bits per heavy atom. The van der Waals surface area contributed by atoms with E-state index in [0.29, 0.717) is 5.56 Å². The van der Waals surface area contributed by atoms with E-state index < -0.39 is 23.8 Å². The highest BCUT2D eigenvalue weighted by Crippen LogP contribution is 2.13. The molecule has 2 atom stereocenters. The standard InChI is InChI=1S/C19H20FNO3/c1-13(11-15-9-5-6-10-16(15)20)18(22)21-17(19(23)24)12-14-7-3-2-4-8-14/h2-10,13,17H,11-12H2,1H3,(H,21,22)(H,23,24). The van der Waals surface area contributed by atoms with E-state index in [1.807, 2.05) is 30.3 Å². The minimum absolute atomic E-state index is 0.203. The van der Waals surface area contributed by atoms with Crippen LogP contribution in [0.25, 0.3) is 0 Å². The highest BCUT2D eigenvalue weighted by atomic mass is 19.1. The fourth-order valence-electron chi connectivity index (χ4n) is 2.45. The molecular weight excluding hydrogens is 309 g/mol. The maximum atomic E-state index is 13.7. The van der Waals surface area contributed by atoms with E-state index in [9.17, 15) is 19.1 Å². The average molecular weight is 329 g/mol. The lowest BCUT2D eigenvalue weighted by Gasteiger charge is -2.18. The maximum absolute atomic E-state index is 13.7. The molecular formula is C19H20FNO3. The fraction of sp³-hybridized carbons (Fsp3) is 0.263. The third kappa shape index (κ3) is 4.91. The number of hydrogen-bond donors (Lipinski definition) is 2. The Labute approximate surface area is 140 Å². The largest absolute Gasteiger partial charge is 0.480 e. The van der Waals surface area contributed by atoms with Crippen molar-refractivity contribution >= 4 is 11.9 Å². The summed E-state index contributed by atoms with van der Waals surface area (Å²) in [4.78, 5) is 23.7. The topological polar surface area (TPSA) is 66.4 Å². The Balaban J connectivity index is 1.99. The van der Waals surface area contributed by atoms with Crippen molar-refractivity contribution in [2.75, 3.05) is 0 Å². The molecule has 0 aliphatic heterocycles. The van der Waals surface area contributed by atoms with Gasteiger partial charge in [0.25, 0.3) is 0 Å². The second-order valence-corrected chi connectivity index (χ2v) is 5.79. The van der Waals surface area contributed by atoms with Gasteiger partial charge in [-0.2, -0.15) is 0 Å². The van der Waals surface area contributed by atoms with Crippen molar-refractivity contribution < 1.29 is 19.1 Å². The van der Waals surface area contributed by atoms with Gasteiger partial charge in [0.15, 0.2) is 0 Å². The monoisotopic (exact) mass is 329 g/mol. The Bertz CT molecular complexity index is 703. The van der Waals surface area contributed by atoms with Crippen LogP contribution in [0.2, 0.25) is 0 Å². The van der Waals surface area contributed by atoms with Crippen LogP contribution in [-0.4, -0.2) is 23.0 Å². The van der Waals surface area contributed by atoms with Crippen LogP contribution in [-0.2, 0) is 22.4 Å². The van der Waals surface area contributed by atoms with Gasteiger partial charge in [-0.25, -0.2) is 9.18 Å². The lowest BCUT2D eigenvalue weighted by molar-refractivity contribution is -0.142. The van der Waals surface area contributed by atoms with Crippen LogP contribution in [0.4, 0.5) is 4.39 Å². The maximum Gasteiger partial charge on any atom is 0.326 e. The van der Waals surface area contributed by atoms with Gasteiger partial charge in [-0.1, -0.05) is 55.5 Å². The number of hydrogen-bond acceptors (Lipinski definition) is 2. The van der Waals surface area contributed by atoms with E-state index in [0.717, 1.165) is 5.56 Å². The van der Waals surface area contributed by atoms with Crippen molar-refractivity contribution in [3.05, 3.63) is 71.5 Å². The van der Waals surface area contributed by atoms with Gasteiger partial charge in [0, 0.05) is 12.3 Å². The molecule has 2 aromatic carbocycles. The smallest absolute Gasteiger partial charge is 0.326 e. The van der Waals surface area contributed by atoms with E-state index >= 15 is 0 Å².